The van der Waals surface area contributed by atoms with Crippen LogP contribution in [0.4, 0.5) is 39.5 Å². The summed E-state index contributed by atoms with van der Waals surface area (Å²) in [5, 5.41) is -6.13. The highest BCUT2D eigenvalue weighted by Crippen LogP contribution is 2.60. The average molecular weight is 488 g/mol. The Morgan fingerprint density at radius 3 is 1.77 bits per heavy atom. The summed E-state index contributed by atoms with van der Waals surface area (Å²) in [5.41, 5.74) is 0. The van der Waals surface area contributed by atoms with E-state index in [1.54, 1.807) is 18.2 Å². The van der Waals surface area contributed by atoms with Gasteiger partial charge in [0.25, 0.3) is 0 Å². The molecule has 0 saturated carbocycles. The molecule has 14 heteroatoms. The van der Waals surface area contributed by atoms with Crippen molar-refractivity contribution in [2.75, 3.05) is 12.5 Å². The fourth-order valence-corrected chi connectivity index (χ4v) is 6.44. The predicted molar refractivity (Wildman–Crippen MR) is 92.6 cm³/mol. The molecule has 2 rings (SSSR count). The predicted octanol–water partition coefficient (Wildman–Crippen LogP) is 5.95. The Morgan fingerprint density at radius 2 is 1.23 bits per heavy atom. The van der Waals surface area contributed by atoms with Crippen molar-refractivity contribution in [2.24, 2.45) is 0 Å². The van der Waals surface area contributed by atoms with Gasteiger partial charge in [-0.3, -0.25) is 0 Å². The molecule has 0 fully saturated rings. The van der Waals surface area contributed by atoms with Gasteiger partial charge in [0.2, 0.25) is 0 Å². The van der Waals surface area contributed by atoms with Gasteiger partial charge in [0.15, 0.2) is 0 Å². The number of alkyl halides is 9. The van der Waals surface area contributed by atoms with E-state index in [2.05, 4.69) is 3.63 Å². The number of rotatable bonds is 6. The Hall–Kier alpha value is -1.67. The van der Waals surface area contributed by atoms with Crippen molar-refractivity contribution < 1.29 is 51.6 Å². The Bertz CT molecular complexity index is 1040. The van der Waals surface area contributed by atoms with Crippen molar-refractivity contribution >= 4 is 31.2 Å². The van der Waals surface area contributed by atoms with E-state index in [9.17, 15) is 47.9 Å². The fraction of sp³-hybridized carbons (Fsp3) is 0.375. The summed E-state index contributed by atoms with van der Waals surface area (Å²) >= 11 is 0. The van der Waals surface area contributed by atoms with Crippen LogP contribution in [-0.4, -0.2) is 44.2 Å². The van der Waals surface area contributed by atoms with Gasteiger partial charge in [-0.25, -0.2) is 3.63 Å². The fourth-order valence-electron chi connectivity index (χ4n) is 2.45. The molecule has 0 atom stereocenters. The van der Waals surface area contributed by atoms with E-state index in [1.807, 2.05) is 0 Å². The van der Waals surface area contributed by atoms with Gasteiger partial charge in [-0.2, -0.15) is 47.9 Å². The topological polar surface area (TPSA) is 43.4 Å². The first kappa shape index (κ1) is 24.6. The van der Waals surface area contributed by atoms with E-state index in [-0.39, 0.29) is 10.3 Å². The summed E-state index contributed by atoms with van der Waals surface area (Å²) in [7, 11) is -10.4. The molecule has 0 spiro atoms. The van der Waals surface area contributed by atoms with Crippen LogP contribution in [0.5, 0.6) is 0 Å². The lowest BCUT2D eigenvalue weighted by molar-refractivity contribution is -0.382. The highest BCUT2D eigenvalue weighted by atomic mass is 32.3. The molecule has 0 aliphatic heterocycles. The molecule has 0 N–H and O–H groups in total. The normalized spacial score (nSPS) is 15.4. The van der Waals surface area contributed by atoms with Gasteiger partial charge < -0.3 is 0 Å². The zero-order valence-electron chi connectivity index (χ0n) is 15.0. The van der Waals surface area contributed by atoms with Crippen LogP contribution in [0.25, 0.3) is 10.8 Å². The van der Waals surface area contributed by atoms with Crippen molar-refractivity contribution in [2.45, 2.75) is 28.2 Å². The van der Waals surface area contributed by atoms with Gasteiger partial charge in [0, 0.05) is 4.90 Å². The van der Waals surface area contributed by atoms with Crippen LogP contribution in [-0.2, 0) is 13.7 Å². The van der Waals surface area contributed by atoms with E-state index in [4.69, 9.17) is 0 Å². The minimum Gasteiger partial charge on any atom is -0.211 e. The lowest BCUT2D eigenvalue weighted by Crippen LogP contribution is -2.63. The molecule has 2 aromatic carbocycles. The maximum Gasteiger partial charge on any atom is 0.460 e. The molecule has 0 aliphatic rings. The van der Waals surface area contributed by atoms with Crippen molar-refractivity contribution in [3.05, 3.63) is 42.5 Å². The highest BCUT2D eigenvalue weighted by molar-refractivity contribution is 8.32. The van der Waals surface area contributed by atoms with E-state index in [1.165, 1.54) is 24.3 Å². The first-order valence-electron chi connectivity index (χ1n) is 7.66. The molecule has 2 aromatic rings. The summed E-state index contributed by atoms with van der Waals surface area (Å²) in [4.78, 5) is -0.0362. The van der Waals surface area contributed by atoms with Gasteiger partial charge in [0.1, 0.15) is 0 Å². The Morgan fingerprint density at radius 1 is 0.733 bits per heavy atom. The molecule has 0 aliphatic carbocycles. The average Bonchev–Trinajstić information content (AvgIpc) is 2.58. The van der Waals surface area contributed by atoms with Crippen LogP contribution in [0.1, 0.15) is 0 Å². The molecule has 0 amide bonds. The molecule has 30 heavy (non-hydrogen) atoms. The molecular weight excluding hydrogens is 475 g/mol. The summed E-state index contributed by atoms with van der Waals surface area (Å²) in [6.07, 6.45) is -5.28. The van der Waals surface area contributed by atoms with Crippen LogP contribution in [0.15, 0.2) is 47.4 Å². The first-order chi connectivity index (χ1) is 13.3. The minimum absolute atomic E-state index is 0.0362. The standard InChI is InChI=1S/C16H13F9O3S2/c1-29(2,12-9-5-7-10-6-3-4-8-11(10)12)28-30(26,27)16(24,25)14(19,20)13(17,18)15(21,22)23/h3-9H,1-2H3. The maximum absolute atomic E-state index is 13.9. The zero-order valence-corrected chi connectivity index (χ0v) is 16.6. The van der Waals surface area contributed by atoms with Crippen LogP contribution in [0.3, 0.4) is 0 Å². The smallest absolute Gasteiger partial charge is 0.211 e. The monoisotopic (exact) mass is 488 g/mol. The molecule has 0 heterocycles. The number of halogens is 9. The maximum atomic E-state index is 13.9. The molecule has 3 nitrogen and oxygen atoms in total. The van der Waals surface area contributed by atoms with Crippen molar-refractivity contribution in [3.63, 3.8) is 0 Å². The lowest BCUT2D eigenvalue weighted by atomic mass is 10.1. The summed E-state index contributed by atoms with van der Waals surface area (Å²) in [6.45, 7) is 0. The van der Waals surface area contributed by atoms with Gasteiger partial charge in [-0.15, -0.1) is 0 Å². The Kier molecular flexibility index (Phi) is 5.90. The third-order valence-corrected chi connectivity index (χ3v) is 8.35. The number of hydrogen-bond acceptors (Lipinski definition) is 3. The molecular formula is C16H13F9O3S2. The van der Waals surface area contributed by atoms with Gasteiger partial charge in [0.05, 0.1) is 0 Å². The number of hydrogen-bond donors (Lipinski definition) is 0. The van der Waals surface area contributed by atoms with Crippen LogP contribution >= 0.6 is 10.3 Å². The van der Waals surface area contributed by atoms with E-state index in [0.717, 1.165) is 12.5 Å². The molecule has 0 bridgehead atoms. The summed E-state index contributed by atoms with van der Waals surface area (Å²) in [5.74, 6) is -14.7. The molecule has 0 radical (unpaired) electrons. The molecule has 0 aromatic heterocycles. The van der Waals surface area contributed by atoms with Crippen molar-refractivity contribution in [3.8, 4) is 0 Å². The Balaban J connectivity index is 2.55. The van der Waals surface area contributed by atoms with E-state index >= 15 is 0 Å². The minimum atomic E-state index is -7.35. The first-order valence-corrected chi connectivity index (χ1v) is 11.4. The second-order valence-electron chi connectivity index (χ2n) is 6.40. The van der Waals surface area contributed by atoms with E-state index < -0.39 is 43.7 Å². The third-order valence-electron chi connectivity index (χ3n) is 3.97. The zero-order chi connectivity index (χ0) is 23.4. The van der Waals surface area contributed by atoms with Gasteiger partial charge in [-0.1, -0.05) is 46.7 Å². The second kappa shape index (κ2) is 7.19. The van der Waals surface area contributed by atoms with Crippen LogP contribution in [0, 0.1) is 0 Å². The third kappa shape index (κ3) is 3.73. The lowest BCUT2D eigenvalue weighted by Gasteiger charge is -2.36. The summed E-state index contributed by atoms with van der Waals surface area (Å²) in [6, 6.07) is 10.2. The SMILES string of the molecule is CS(C)(OS(=O)(=O)C(F)(F)C(F)(F)C(F)(F)C(F)(F)F)c1cccc2ccccc12. The van der Waals surface area contributed by atoms with E-state index in [0.29, 0.717) is 5.39 Å². The van der Waals surface area contributed by atoms with Crippen molar-refractivity contribution in [1.82, 2.24) is 0 Å². The molecule has 0 unspecified atom stereocenters. The van der Waals surface area contributed by atoms with Gasteiger partial charge >= 0.3 is 33.4 Å². The number of fused-ring (bicyclic) bond motifs is 1. The molecule has 0 saturated heterocycles. The van der Waals surface area contributed by atoms with Gasteiger partial charge in [-0.05, 0) is 29.4 Å². The number of benzene rings is 2. The summed E-state index contributed by atoms with van der Waals surface area (Å²) < 4.78 is 146. The second-order valence-corrected chi connectivity index (χ2v) is 11.3. The van der Waals surface area contributed by atoms with Crippen LogP contribution < -0.4 is 0 Å². The van der Waals surface area contributed by atoms with Crippen molar-refractivity contribution in [1.29, 1.82) is 0 Å². The quantitative estimate of drug-likeness (QED) is 0.472. The molecule has 170 valence electrons. The van der Waals surface area contributed by atoms with Crippen LogP contribution in [0.2, 0.25) is 0 Å². The highest BCUT2D eigenvalue weighted by Gasteiger charge is 2.86. The Labute approximate surface area is 166 Å². The largest absolute Gasteiger partial charge is 0.460 e.